The third kappa shape index (κ3) is 1.93. The number of thiazole rings is 1. The van der Waals surface area contributed by atoms with Crippen LogP contribution in [0.3, 0.4) is 0 Å². The van der Waals surface area contributed by atoms with E-state index in [1.54, 1.807) is 17.6 Å². The fraction of sp³-hybridized carbons (Fsp3) is 0.0625. The van der Waals surface area contributed by atoms with E-state index in [0.717, 1.165) is 21.5 Å². The predicted molar refractivity (Wildman–Crippen MR) is 83.4 cm³/mol. The number of amides is 2. The maximum Gasteiger partial charge on any atom is 0.276 e. The molecular formula is C16H11N3O2S. The normalized spacial score (nSPS) is 13.9. The Kier molecular flexibility index (Phi) is 2.99. The van der Waals surface area contributed by atoms with Gasteiger partial charge in [0.15, 0.2) is 0 Å². The van der Waals surface area contributed by atoms with Crippen molar-refractivity contribution in [3.63, 3.8) is 0 Å². The summed E-state index contributed by atoms with van der Waals surface area (Å²) in [6.07, 6.45) is 0. The first-order valence-corrected chi connectivity index (χ1v) is 7.71. The van der Waals surface area contributed by atoms with Gasteiger partial charge in [0.1, 0.15) is 0 Å². The number of carbonyl (C=O) groups excluding carboxylic acids is 2. The molecule has 3 aromatic rings. The number of carbonyl (C=O) groups is 2. The van der Waals surface area contributed by atoms with Gasteiger partial charge < -0.3 is 0 Å². The summed E-state index contributed by atoms with van der Waals surface area (Å²) in [6, 6.07) is 11.0. The third-order valence-electron chi connectivity index (χ3n) is 3.67. The van der Waals surface area contributed by atoms with Crippen LogP contribution in [-0.4, -0.2) is 21.8 Å². The minimum absolute atomic E-state index is 0.329. The molecule has 0 spiro atoms. The van der Waals surface area contributed by atoms with Crippen LogP contribution in [-0.2, 0) is 6.54 Å². The molecule has 0 saturated carbocycles. The number of benzene rings is 2. The highest BCUT2D eigenvalue weighted by Crippen LogP contribution is 2.29. The molecule has 4 rings (SSSR count). The number of hydrazine groups is 1. The monoisotopic (exact) mass is 309 g/mol. The fourth-order valence-corrected chi connectivity index (χ4v) is 3.22. The van der Waals surface area contributed by atoms with E-state index in [0.29, 0.717) is 17.7 Å². The quantitative estimate of drug-likeness (QED) is 0.755. The summed E-state index contributed by atoms with van der Waals surface area (Å²) >= 11 is 1.47. The minimum atomic E-state index is -0.329. The van der Waals surface area contributed by atoms with Crippen LogP contribution in [0.1, 0.15) is 26.4 Å². The van der Waals surface area contributed by atoms with Gasteiger partial charge in [-0.3, -0.25) is 9.59 Å². The van der Waals surface area contributed by atoms with Crippen molar-refractivity contribution in [2.45, 2.75) is 6.54 Å². The molecule has 0 aliphatic carbocycles. The molecule has 2 heterocycles. The van der Waals surface area contributed by atoms with E-state index >= 15 is 0 Å². The van der Waals surface area contributed by atoms with Crippen molar-refractivity contribution in [1.29, 1.82) is 0 Å². The number of rotatable bonds is 3. The van der Waals surface area contributed by atoms with Gasteiger partial charge >= 0.3 is 0 Å². The van der Waals surface area contributed by atoms with Crippen LogP contribution >= 0.6 is 11.3 Å². The lowest BCUT2D eigenvalue weighted by molar-refractivity contribution is 0.0515. The van der Waals surface area contributed by atoms with Gasteiger partial charge in [-0.2, -0.15) is 0 Å². The zero-order valence-corrected chi connectivity index (χ0v) is 12.3. The van der Waals surface area contributed by atoms with Gasteiger partial charge in [-0.15, -0.1) is 11.3 Å². The number of hydrogen-bond acceptors (Lipinski definition) is 5. The van der Waals surface area contributed by atoms with Crippen molar-refractivity contribution in [2.75, 3.05) is 0 Å². The Labute approximate surface area is 130 Å². The molecule has 1 N–H and O–H groups in total. The first-order valence-electron chi connectivity index (χ1n) is 6.77. The van der Waals surface area contributed by atoms with Crippen molar-refractivity contribution in [1.82, 2.24) is 15.4 Å². The van der Waals surface area contributed by atoms with E-state index in [1.165, 1.54) is 11.3 Å². The van der Waals surface area contributed by atoms with Crippen LogP contribution in [0.2, 0.25) is 0 Å². The Bertz CT molecular complexity index is 839. The second kappa shape index (κ2) is 5.01. The van der Waals surface area contributed by atoms with Crippen LogP contribution in [0.25, 0.3) is 10.8 Å². The Morgan fingerprint density at radius 3 is 2.32 bits per heavy atom. The third-order valence-corrected chi connectivity index (χ3v) is 4.31. The number of hydrogen-bond donors (Lipinski definition) is 1. The topological polar surface area (TPSA) is 62.3 Å². The van der Waals surface area contributed by atoms with E-state index in [2.05, 4.69) is 10.4 Å². The van der Waals surface area contributed by atoms with Crippen LogP contribution in [0.15, 0.2) is 47.3 Å². The molecule has 0 saturated heterocycles. The van der Waals surface area contributed by atoms with E-state index in [1.807, 2.05) is 29.6 Å². The summed E-state index contributed by atoms with van der Waals surface area (Å²) in [5, 5.41) is 4.58. The molecule has 2 aromatic carbocycles. The summed E-state index contributed by atoms with van der Waals surface area (Å²) < 4.78 is 0. The van der Waals surface area contributed by atoms with Crippen molar-refractivity contribution in [2.24, 2.45) is 0 Å². The molecular weight excluding hydrogens is 298 g/mol. The van der Waals surface area contributed by atoms with Gasteiger partial charge in [0.2, 0.25) is 0 Å². The van der Waals surface area contributed by atoms with Crippen LogP contribution in [0, 0.1) is 0 Å². The van der Waals surface area contributed by atoms with Crippen molar-refractivity contribution < 1.29 is 9.59 Å². The molecule has 22 heavy (non-hydrogen) atoms. The molecule has 1 aliphatic heterocycles. The predicted octanol–water partition coefficient (Wildman–Crippen LogP) is 2.60. The van der Waals surface area contributed by atoms with Crippen molar-refractivity contribution in [3.05, 3.63) is 64.1 Å². The minimum Gasteiger partial charge on any atom is -0.267 e. The maximum atomic E-state index is 12.6. The molecule has 0 unspecified atom stereocenters. The maximum absolute atomic E-state index is 12.6. The van der Waals surface area contributed by atoms with Crippen LogP contribution < -0.4 is 5.43 Å². The van der Waals surface area contributed by atoms with E-state index in [9.17, 15) is 9.59 Å². The lowest BCUT2D eigenvalue weighted by atomic mass is 9.95. The van der Waals surface area contributed by atoms with Crippen molar-refractivity contribution >= 4 is 33.9 Å². The Morgan fingerprint density at radius 1 is 1.05 bits per heavy atom. The van der Waals surface area contributed by atoms with E-state index in [-0.39, 0.29) is 11.8 Å². The Morgan fingerprint density at radius 2 is 1.73 bits per heavy atom. The Hall–Kier alpha value is -2.57. The van der Waals surface area contributed by atoms with Crippen LogP contribution in [0.5, 0.6) is 0 Å². The smallest absolute Gasteiger partial charge is 0.267 e. The first kappa shape index (κ1) is 13.1. The molecule has 108 valence electrons. The van der Waals surface area contributed by atoms with E-state index in [4.69, 9.17) is 0 Å². The standard InChI is InChI=1S/C16H11N3O2S/c20-15-12-5-1-3-10-4-2-6-13(14(10)12)16(21)19(15)18-7-11-8-22-9-17-11/h1-6,8-9,18H,7H2. The lowest BCUT2D eigenvalue weighted by Crippen LogP contribution is -2.48. The average molecular weight is 309 g/mol. The molecule has 1 aliphatic rings. The molecule has 1 aromatic heterocycles. The summed E-state index contributed by atoms with van der Waals surface area (Å²) in [5.74, 6) is -0.658. The molecule has 5 nitrogen and oxygen atoms in total. The summed E-state index contributed by atoms with van der Waals surface area (Å²) in [7, 11) is 0. The first-order chi connectivity index (χ1) is 10.8. The van der Waals surface area contributed by atoms with Gasteiger partial charge in [0.05, 0.1) is 28.9 Å². The average Bonchev–Trinajstić information content (AvgIpc) is 3.06. The number of nitrogens with zero attached hydrogens (tertiary/aromatic N) is 2. The Balaban J connectivity index is 1.75. The summed E-state index contributed by atoms with van der Waals surface area (Å²) in [4.78, 5) is 29.3. The molecule has 2 amide bonds. The molecule has 0 fully saturated rings. The van der Waals surface area contributed by atoms with Crippen LogP contribution in [0.4, 0.5) is 0 Å². The number of aromatic nitrogens is 1. The summed E-state index contributed by atoms with van der Waals surface area (Å²) in [6.45, 7) is 0.332. The second-order valence-corrected chi connectivity index (χ2v) is 5.69. The number of nitrogens with one attached hydrogen (secondary N) is 1. The largest absolute Gasteiger partial charge is 0.276 e. The zero-order chi connectivity index (χ0) is 15.1. The highest BCUT2D eigenvalue weighted by Gasteiger charge is 2.32. The molecule has 0 radical (unpaired) electrons. The molecule has 0 atom stereocenters. The highest BCUT2D eigenvalue weighted by molar-refractivity contribution is 7.07. The van der Waals surface area contributed by atoms with Gasteiger partial charge in [0, 0.05) is 10.8 Å². The van der Waals surface area contributed by atoms with Gasteiger partial charge in [-0.1, -0.05) is 24.3 Å². The fourth-order valence-electron chi connectivity index (χ4n) is 2.66. The van der Waals surface area contributed by atoms with Gasteiger partial charge in [0.25, 0.3) is 11.8 Å². The van der Waals surface area contributed by atoms with E-state index < -0.39 is 0 Å². The van der Waals surface area contributed by atoms with Gasteiger partial charge in [-0.25, -0.2) is 15.4 Å². The summed E-state index contributed by atoms with van der Waals surface area (Å²) in [5.41, 5.74) is 6.48. The zero-order valence-electron chi connectivity index (χ0n) is 11.4. The second-order valence-electron chi connectivity index (χ2n) is 4.97. The lowest BCUT2D eigenvalue weighted by Gasteiger charge is -2.27. The van der Waals surface area contributed by atoms with Gasteiger partial charge in [-0.05, 0) is 17.5 Å². The van der Waals surface area contributed by atoms with Crippen molar-refractivity contribution in [3.8, 4) is 0 Å². The molecule has 6 heteroatoms. The SMILES string of the molecule is O=C1c2cccc3cccc(c23)C(=O)N1NCc1cscn1. The highest BCUT2D eigenvalue weighted by atomic mass is 32.1. The molecule has 0 bridgehead atoms. The number of imide groups is 1.